The fourth-order valence-electron chi connectivity index (χ4n) is 2.94. The number of benzene rings is 1. The second kappa shape index (κ2) is 6.75. The van der Waals surface area contributed by atoms with Crippen molar-refractivity contribution in [2.75, 3.05) is 36.8 Å². The minimum atomic E-state index is 0.00156. The van der Waals surface area contributed by atoms with Gasteiger partial charge in [-0.2, -0.15) is 0 Å². The predicted molar refractivity (Wildman–Crippen MR) is 84.2 cm³/mol. The van der Waals surface area contributed by atoms with Crippen molar-refractivity contribution >= 4 is 17.7 Å². The number of aryl methyl sites for hydroxylation is 1. The van der Waals surface area contributed by atoms with Gasteiger partial charge in [-0.1, -0.05) is 13.8 Å². The summed E-state index contributed by atoms with van der Waals surface area (Å²) in [7, 11) is 0. The molecule has 0 saturated carbocycles. The number of nitrogen functional groups attached to an aromatic ring is 1. The van der Waals surface area contributed by atoms with E-state index in [-0.39, 0.29) is 6.04 Å². The summed E-state index contributed by atoms with van der Waals surface area (Å²) in [5.74, 6) is 0. The number of hydrogen-bond donors (Lipinski definition) is 1. The lowest BCUT2D eigenvalue weighted by Gasteiger charge is -2.37. The Morgan fingerprint density at radius 2 is 2.15 bits per heavy atom. The van der Waals surface area contributed by atoms with E-state index >= 15 is 0 Å². The van der Waals surface area contributed by atoms with E-state index in [9.17, 15) is 4.79 Å². The normalized spacial score (nSPS) is 18.1. The number of fused-ring (bicyclic) bond motifs is 1. The van der Waals surface area contributed by atoms with Crippen LogP contribution in [0.4, 0.5) is 11.4 Å². The summed E-state index contributed by atoms with van der Waals surface area (Å²) in [5, 5.41) is 0. The molecule has 1 aliphatic heterocycles. The highest BCUT2D eigenvalue weighted by Crippen LogP contribution is 2.31. The van der Waals surface area contributed by atoms with Crippen LogP contribution in [0.1, 0.15) is 25.8 Å². The maximum Gasteiger partial charge on any atom is 0.142 e. The van der Waals surface area contributed by atoms with Crippen LogP contribution >= 0.6 is 0 Å². The van der Waals surface area contributed by atoms with E-state index in [1.54, 1.807) is 0 Å². The SMILES string of the molecule is CCN(CC)CCN1c2ccc(N)cc2CCC1C=O. The Labute approximate surface area is 121 Å². The van der Waals surface area contributed by atoms with Gasteiger partial charge in [0, 0.05) is 24.5 Å². The van der Waals surface area contributed by atoms with Crippen LogP contribution in [-0.2, 0) is 11.2 Å². The molecule has 0 saturated heterocycles. The number of anilines is 2. The van der Waals surface area contributed by atoms with Gasteiger partial charge >= 0.3 is 0 Å². The van der Waals surface area contributed by atoms with E-state index in [1.807, 2.05) is 12.1 Å². The third-order valence-corrected chi connectivity index (χ3v) is 4.23. The van der Waals surface area contributed by atoms with E-state index in [0.717, 1.165) is 51.0 Å². The van der Waals surface area contributed by atoms with Crippen LogP contribution in [-0.4, -0.2) is 43.4 Å². The van der Waals surface area contributed by atoms with Gasteiger partial charge in [0.1, 0.15) is 6.29 Å². The first-order chi connectivity index (χ1) is 9.69. The molecule has 1 aromatic rings. The van der Waals surface area contributed by atoms with Crippen molar-refractivity contribution in [1.82, 2.24) is 4.90 Å². The van der Waals surface area contributed by atoms with Crippen molar-refractivity contribution < 1.29 is 4.79 Å². The summed E-state index contributed by atoms with van der Waals surface area (Å²) in [4.78, 5) is 16.0. The van der Waals surface area contributed by atoms with Gasteiger partial charge < -0.3 is 20.3 Å². The number of nitrogens with two attached hydrogens (primary N) is 1. The molecule has 0 bridgehead atoms. The van der Waals surface area contributed by atoms with Crippen LogP contribution in [0.2, 0.25) is 0 Å². The number of likely N-dealkylation sites (N-methyl/N-ethyl adjacent to an activating group) is 1. The smallest absolute Gasteiger partial charge is 0.142 e. The third kappa shape index (κ3) is 3.12. The number of carbonyl (C=O) groups excluding carboxylic acids is 1. The molecule has 0 amide bonds. The minimum Gasteiger partial charge on any atom is -0.399 e. The van der Waals surface area contributed by atoms with Crippen LogP contribution in [0.15, 0.2) is 18.2 Å². The summed E-state index contributed by atoms with van der Waals surface area (Å²) in [6.07, 6.45) is 2.91. The molecule has 1 aliphatic rings. The number of rotatable bonds is 6. The fraction of sp³-hybridized carbons (Fsp3) is 0.562. The van der Waals surface area contributed by atoms with Crippen LogP contribution in [0.5, 0.6) is 0 Å². The number of aldehydes is 1. The average molecular weight is 275 g/mol. The summed E-state index contributed by atoms with van der Waals surface area (Å²) >= 11 is 0. The molecule has 0 aromatic heterocycles. The van der Waals surface area contributed by atoms with E-state index in [0.29, 0.717) is 0 Å². The van der Waals surface area contributed by atoms with Crippen molar-refractivity contribution in [2.24, 2.45) is 0 Å². The molecule has 4 heteroatoms. The Bertz CT molecular complexity index is 457. The molecule has 110 valence electrons. The van der Waals surface area contributed by atoms with E-state index in [2.05, 4.69) is 29.7 Å². The second-order valence-electron chi connectivity index (χ2n) is 5.35. The van der Waals surface area contributed by atoms with Crippen molar-refractivity contribution in [3.63, 3.8) is 0 Å². The molecular formula is C16H25N3O. The summed E-state index contributed by atoms with van der Waals surface area (Å²) < 4.78 is 0. The molecule has 0 aliphatic carbocycles. The van der Waals surface area contributed by atoms with Gasteiger partial charge in [0.2, 0.25) is 0 Å². The summed E-state index contributed by atoms with van der Waals surface area (Å²) in [6, 6.07) is 6.03. The van der Waals surface area contributed by atoms with Gasteiger partial charge in [-0.25, -0.2) is 0 Å². The van der Waals surface area contributed by atoms with Crippen molar-refractivity contribution in [3.05, 3.63) is 23.8 Å². The Hall–Kier alpha value is -1.55. The van der Waals surface area contributed by atoms with Crippen LogP contribution in [0, 0.1) is 0 Å². The molecule has 2 rings (SSSR count). The van der Waals surface area contributed by atoms with Crippen LogP contribution in [0.3, 0.4) is 0 Å². The zero-order valence-electron chi connectivity index (χ0n) is 12.5. The van der Waals surface area contributed by atoms with Gasteiger partial charge in [-0.15, -0.1) is 0 Å². The third-order valence-electron chi connectivity index (χ3n) is 4.23. The molecule has 1 unspecified atom stereocenters. The van der Waals surface area contributed by atoms with Gasteiger partial charge in [0.25, 0.3) is 0 Å². The predicted octanol–water partition coefficient (Wildman–Crippen LogP) is 1.93. The van der Waals surface area contributed by atoms with Crippen molar-refractivity contribution in [1.29, 1.82) is 0 Å². The minimum absolute atomic E-state index is 0.00156. The molecule has 4 nitrogen and oxygen atoms in total. The maximum atomic E-state index is 11.4. The quantitative estimate of drug-likeness (QED) is 0.636. The fourth-order valence-corrected chi connectivity index (χ4v) is 2.94. The molecule has 1 heterocycles. The highest BCUT2D eigenvalue weighted by molar-refractivity contribution is 5.71. The highest BCUT2D eigenvalue weighted by atomic mass is 16.1. The number of nitrogens with zero attached hydrogens (tertiary/aromatic N) is 2. The molecule has 0 spiro atoms. The first kappa shape index (κ1) is 14.9. The second-order valence-corrected chi connectivity index (χ2v) is 5.35. The van der Waals surface area contributed by atoms with Gasteiger partial charge in [0.15, 0.2) is 0 Å². The Morgan fingerprint density at radius 3 is 2.80 bits per heavy atom. The largest absolute Gasteiger partial charge is 0.399 e. The van der Waals surface area contributed by atoms with E-state index < -0.39 is 0 Å². The van der Waals surface area contributed by atoms with Crippen molar-refractivity contribution in [3.8, 4) is 0 Å². The van der Waals surface area contributed by atoms with Gasteiger partial charge in [0.05, 0.1) is 6.04 Å². The lowest BCUT2D eigenvalue weighted by Crippen LogP contribution is -2.44. The summed E-state index contributed by atoms with van der Waals surface area (Å²) in [5.41, 5.74) is 9.11. The van der Waals surface area contributed by atoms with Crippen LogP contribution < -0.4 is 10.6 Å². The maximum absolute atomic E-state index is 11.4. The van der Waals surface area contributed by atoms with E-state index in [1.165, 1.54) is 11.3 Å². The molecule has 1 atom stereocenters. The number of carbonyl (C=O) groups is 1. The first-order valence-electron chi connectivity index (χ1n) is 7.52. The molecule has 0 radical (unpaired) electrons. The summed E-state index contributed by atoms with van der Waals surface area (Å²) in [6.45, 7) is 8.32. The molecular weight excluding hydrogens is 250 g/mol. The zero-order valence-corrected chi connectivity index (χ0v) is 12.5. The van der Waals surface area contributed by atoms with Gasteiger partial charge in [-0.3, -0.25) is 0 Å². The molecule has 2 N–H and O–H groups in total. The zero-order chi connectivity index (χ0) is 14.5. The topological polar surface area (TPSA) is 49.6 Å². The lowest BCUT2D eigenvalue weighted by atomic mass is 9.96. The first-order valence-corrected chi connectivity index (χ1v) is 7.52. The van der Waals surface area contributed by atoms with E-state index in [4.69, 9.17) is 5.73 Å². The Kier molecular flexibility index (Phi) is 5.01. The highest BCUT2D eigenvalue weighted by Gasteiger charge is 2.25. The van der Waals surface area contributed by atoms with Crippen LogP contribution in [0.25, 0.3) is 0 Å². The molecule has 0 fully saturated rings. The monoisotopic (exact) mass is 275 g/mol. The number of hydrogen-bond acceptors (Lipinski definition) is 4. The molecule has 20 heavy (non-hydrogen) atoms. The average Bonchev–Trinajstić information content (AvgIpc) is 2.47. The standard InChI is InChI=1S/C16H25N3O/c1-3-18(4-2)9-10-19-15(12-20)7-5-13-11-14(17)6-8-16(13)19/h6,8,11-12,15H,3-5,7,9-10,17H2,1-2H3. The van der Waals surface area contributed by atoms with Crippen molar-refractivity contribution in [2.45, 2.75) is 32.7 Å². The Balaban J connectivity index is 2.17. The Morgan fingerprint density at radius 1 is 1.40 bits per heavy atom. The lowest BCUT2D eigenvalue weighted by molar-refractivity contribution is -0.109. The molecule has 1 aromatic carbocycles. The van der Waals surface area contributed by atoms with Gasteiger partial charge in [-0.05, 0) is 49.7 Å².